The van der Waals surface area contributed by atoms with E-state index in [9.17, 15) is 19.2 Å². The second-order valence-corrected chi connectivity index (χ2v) is 8.25. The van der Waals surface area contributed by atoms with Crippen LogP contribution in [0.2, 0.25) is 10.0 Å². The maximum absolute atomic E-state index is 12.4. The third kappa shape index (κ3) is 8.70. The number of carbonyl (C=O) groups is 4. The summed E-state index contributed by atoms with van der Waals surface area (Å²) in [7, 11) is 0. The maximum atomic E-state index is 12.4. The van der Waals surface area contributed by atoms with Gasteiger partial charge in [0.1, 0.15) is 5.75 Å². The molecule has 2 aromatic rings. The monoisotopic (exact) mass is 556 g/mol. The molecule has 0 radical (unpaired) electrons. The second kappa shape index (κ2) is 14.3. The molecule has 4 amide bonds. The number of rotatable bonds is 9. The van der Waals surface area contributed by atoms with Crippen LogP contribution in [0.4, 0.5) is 15.3 Å². The molecule has 0 saturated heterocycles. The lowest BCUT2D eigenvalue weighted by Crippen LogP contribution is -2.48. The van der Waals surface area contributed by atoms with Gasteiger partial charge in [0.2, 0.25) is 6.04 Å². The van der Waals surface area contributed by atoms with Crippen molar-refractivity contribution in [2.45, 2.75) is 24.8 Å². The number of imide groups is 2. The quantitative estimate of drug-likeness (QED) is 0.233. The highest BCUT2D eigenvalue weighted by molar-refractivity contribution is 7.98. The summed E-state index contributed by atoms with van der Waals surface area (Å²) in [6.07, 6.45) is -0.267. The zero-order valence-electron chi connectivity index (χ0n) is 19.4. The van der Waals surface area contributed by atoms with E-state index in [1.54, 1.807) is 23.9 Å². The Bertz CT molecular complexity index is 1090. The van der Waals surface area contributed by atoms with Gasteiger partial charge in [-0.2, -0.15) is 10.2 Å². The average Bonchev–Trinajstić information content (AvgIpc) is 2.82. The number of nitrogens with one attached hydrogen (secondary N) is 2. The van der Waals surface area contributed by atoms with Crippen LogP contribution in [-0.4, -0.2) is 49.5 Å². The van der Waals surface area contributed by atoms with Gasteiger partial charge in [-0.15, -0.1) is 11.8 Å². The van der Waals surface area contributed by atoms with E-state index >= 15 is 0 Å². The van der Waals surface area contributed by atoms with Crippen molar-refractivity contribution >= 4 is 64.7 Å². The highest BCUT2D eigenvalue weighted by atomic mass is 35.5. The highest BCUT2D eigenvalue weighted by Gasteiger charge is 2.30. The number of benzene rings is 2. The largest absolute Gasteiger partial charge is 0.454 e. The van der Waals surface area contributed by atoms with Crippen LogP contribution in [0, 0.1) is 0 Å². The molecule has 0 saturated carbocycles. The molecule has 0 bridgehead atoms. The predicted molar refractivity (Wildman–Crippen MR) is 133 cm³/mol. The summed E-state index contributed by atoms with van der Waals surface area (Å²) in [5.74, 6) is -1.72. The number of alkyl carbamates (subject to hydrolysis) is 2. The Labute approximate surface area is 220 Å². The number of azo groups is 1. The Morgan fingerprint density at radius 2 is 1.42 bits per heavy atom. The van der Waals surface area contributed by atoms with Crippen LogP contribution in [0.15, 0.2) is 51.5 Å². The van der Waals surface area contributed by atoms with Crippen molar-refractivity contribution in [3.63, 3.8) is 0 Å². The smallest absolute Gasteiger partial charge is 0.413 e. The lowest BCUT2D eigenvalue weighted by atomic mass is 10.2. The van der Waals surface area contributed by atoms with Gasteiger partial charge in [-0.25, -0.2) is 9.59 Å². The summed E-state index contributed by atoms with van der Waals surface area (Å²) in [6, 6.07) is 7.97. The minimum absolute atomic E-state index is 0.0204. The van der Waals surface area contributed by atoms with E-state index in [1.165, 1.54) is 26.0 Å². The molecule has 0 unspecified atom stereocenters. The van der Waals surface area contributed by atoms with E-state index in [4.69, 9.17) is 27.9 Å². The van der Waals surface area contributed by atoms with E-state index in [0.717, 1.165) is 4.90 Å². The molecule has 0 atom stereocenters. The molecule has 0 aliphatic carbocycles. The van der Waals surface area contributed by atoms with Gasteiger partial charge < -0.3 is 14.2 Å². The molecule has 2 rings (SSSR count). The van der Waals surface area contributed by atoms with Gasteiger partial charge in [0.25, 0.3) is 11.8 Å². The Kier molecular flexibility index (Phi) is 11.4. The van der Waals surface area contributed by atoms with Crippen molar-refractivity contribution < 1.29 is 33.4 Å². The molecule has 0 aromatic heterocycles. The van der Waals surface area contributed by atoms with E-state index in [2.05, 4.69) is 19.7 Å². The van der Waals surface area contributed by atoms with Gasteiger partial charge >= 0.3 is 12.2 Å². The summed E-state index contributed by atoms with van der Waals surface area (Å²) in [6.45, 7) is 3.00. The zero-order chi connectivity index (χ0) is 26.7. The molecular weight excluding hydrogens is 535 g/mol. The summed E-state index contributed by atoms with van der Waals surface area (Å²) >= 11 is 14.2. The topological polar surface area (TPSA) is 145 Å². The van der Waals surface area contributed by atoms with Gasteiger partial charge in [0, 0.05) is 4.90 Å². The Hall–Kier alpha value is -3.35. The minimum Gasteiger partial charge on any atom is -0.454 e. The number of thioether (sulfide) groups is 1. The Balaban J connectivity index is 2.26. The molecule has 0 heterocycles. The predicted octanol–water partition coefficient (Wildman–Crippen LogP) is 5.51. The van der Waals surface area contributed by atoms with Crippen LogP contribution in [-0.2, 0) is 19.1 Å². The molecule has 0 spiro atoms. The van der Waals surface area contributed by atoms with E-state index in [0.29, 0.717) is 5.75 Å². The van der Waals surface area contributed by atoms with Crippen molar-refractivity contribution in [3.05, 3.63) is 46.4 Å². The van der Waals surface area contributed by atoms with E-state index in [-0.39, 0.29) is 34.7 Å². The molecule has 14 heteroatoms. The van der Waals surface area contributed by atoms with Crippen molar-refractivity contribution in [2.75, 3.05) is 19.5 Å². The first kappa shape index (κ1) is 28.9. The molecule has 192 valence electrons. The second-order valence-electron chi connectivity index (χ2n) is 6.55. The van der Waals surface area contributed by atoms with Crippen LogP contribution in [0.25, 0.3) is 0 Å². The highest BCUT2D eigenvalue weighted by Crippen LogP contribution is 2.40. The first-order valence-electron chi connectivity index (χ1n) is 10.4. The first-order chi connectivity index (χ1) is 17.2. The third-order valence-corrected chi connectivity index (χ3v) is 5.35. The minimum atomic E-state index is -1.94. The Morgan fingerprint density at radius 1 is 0.917 bits per heavy atom. The lowest BCUT2D eigenvalue weighted by Gasteiger charge is -2.12. The van der Waals surface area contributed by atoms with Crippen LogP contribution in [0.1, 0.15) is 13.8 Å². The average molecular weight is 557 g/mol. The van der Waals surface area contributed by atoms with Crippen LogP contribution in [0.3, 0.4) is 0 Å². The number of nitrogens with zero attached hydrogens (tertiary/aromatic N) is 2. The van der Waals surface area contributed by atoms with Crippen LogP contribution >= 0.6 is 35.0 Å². The molecule has 36 heavy (non-hydrogen) atoms. The summed E-state index contributed by atoms with van der Waals surface area (Å²) < 4.78 is 15.0. The van der Waals surface area contributed by atoms with Gasteiger partial charge in [-0.3, -0.25) is 20.2 Å². The molecule has 0 fully saturated rings. The maximum Gasteiger partial charge on any atom is 0.413 e. The van der Waals surface area contributed by atoms with Crippen molar-refractivity contribution in [2.24, 2.45) is 10.2 Å². The summed E-state index contributed by atoms with van der Waals surface area (Å²) in [5, 5.41) is 11.3. The number of ether oxygens (including phenoxy) is 3. The molecule has 2 N–H and O–H groups in total. The zero-order valence-corrected chi connectivity index (χ0v) is 21.7. The van der Waals surface area contributed by atoms with E-state index < -0.39 is 30.0 Å². The van der Waals surface area contributed by atoms with Gasteiger partial charge in [-0.1, -0.05) is 23.2 Å². The molecule has 11 nitrogen and oxygen atoms in total. The lowest BCUT2D eigenvalue weighted by molar-refractivity contribution is -0.130. The number of carbonyl (C=O) groups excluding carboxylic acids is 4. The fraction of sp³-hybridized carbons (Fsp3) is 0.273. The number of amides is 4. The number of hydrogen-bond donors (Lipinski definition) is 2. The first-order valence-corrected chi connectivity index (χ1v) is 12.3. The normalized spacial score (nSPS) is 10.7. The van der Waals surface area contributed by atoms with Crippen molar-refractivity contribution in [3.8, 4) is 11.5 Å². The van der Waals surface area contributed by atoms with Crippen LogP contribution < -0.4 is 15.4 Å². The fourth-order valence-electron chi connectivity index (χ4n) is 2.48. The summed E-state index contributed by atoms with van der Waals surface area (Å²) in [5.41, 5.74) is 0.0629. The Morgan fingerprint density at radius 3 is 1.86 bits per heavy atom. The number of halogens is 2. The standard InChI is InChI=1S/C22H22Cl2N4O7S/c1-4-33-21(31)25-19(29)17(20(30)26-22(32)34-5-2)28-27-12-10-15(23)18(16(24)11-12)35-13-6-8-14(36-3)9-7-13/h6-11,17H,4-5H2,1-3H3,(H,25,29,31)(H,26,30,32). The van der Waals surface area contributed by atoms with Gasteiger partial charge in [0.15, 0.2) is 5.75 Å². The van der Waals surface area contributed by atoms with Gasteiger partial charge in [0.05, 0.1) is 28.9 Å². The van der Waals surface area contributed by atoms with Crippen molar-refractivity contribution in [1.29, 1.82) is 0 Å². The number of hydrogen-bond acceptors (Lipinski definition) is 10. The van der Waals surface area contributed by atoms with Crippen LogP contribution in [0.5, 0.6) is 11.5 Å². The SMILES string of the molecule is CCOC(=O)NC(=O)C(N=Nc1cc(Cl)c(Oc2ccc(SC)cc2)c(Cl)c1)C(=O)NC(=O)OCC. The van der Waals surface area contributed by atoms with E-state index in [1.807, 2.05) is 29.0 Å². The fourth-order valence-corrected chi connectivity index (χ4v) is 3.44. The summed E-state index contributed by atoms with van der Waals surface area (Å²) in [4.78, 5) is 49.1. The molecular formula is C22H22Cl2N4O7S. The van der Waals surface area contributed by atoms with Gasteiger partial charge in [-0.05, 0) is 56.5 Å². The molecule has 2 aromatic carbocycles. The third-order valence-electron chi connectivity index (χ3n) is 4.05. The van der Waals surface area contributed by atoms with Crippen molar-refractivity contribution in [1.82, 2.24) is 10.6 Å². The molecule has 0 aliphatic heterocycles. The molecule has 0 aliphatic rings.